The number of rotatable bonds is 1. The number of ether oxygens (including phenoxy) is 2. The Morgan fingerprint density at radius 2 is 2.21 bits per heavy atom. The standard InChI is InChI=1S/C11H18O3/c1-9-4-6-11(14-10(9)8-12)5-2-3-7-13-11/h8-10H,2-7H2,1H3. The van der Waals surface area contributed by atoms with Gasteiger partial charge in [-0.3, -0.25) is 0 Å². The summed E-state index contributed by atoms with van der Waals surface area (Å²) in [5.74, 6) is -0.0836. The smallest absolute Gasteiger partial charge is 0.169 e. The van der Waals surface area contributed by atoms with Crippen molar-refractivity contribution in [2.24, 2.45) is 5.92 Å². The molecule has 80 valence electrons. The number of carbonyl (C=O) groups is 1. The molecule has 0 bridgehead atoms. The number of hydrogen-bond acceptors (Lipinski definition) is 3. The second kappa shape index (κ2) is 3.99. The lowest BCUT2D eigenvalue weighted by atomic mass is 9.89. The fourth-order valence-electron chi connectivity index (χ4n) is 2.31. The largest absolute Gasteiger partial charge is 0.350 e. The van der Waals surface area contributed by atoms with Gasteiger partial charge in [0.05, 0.1) is 6.61 Å². The van der Waals surface area contributed by atoms with Crippen molar-refractivity contribution in [2.45, 2.75) is 50.9 Å². The summed E-state index contributed by atoms with van der Waals surface area (Å²) in [5.41, 5.74) is 0. The number of aldehydes is 1. The maximum atomic E-state index is 10.8. The molecule has 2 rings (SSSR count). The van der Waals surface area contributed by atoms with Crippen LogP contribution in [-0.2, 0) is 14.3 Å². The van der Waals surface area contributed by atoms with E-state index in [2.05, 4.69) is 6.92 Å². The quantitative estimate of drug-likeness (QED) is 0.604. The zero-order valence-corrected chi connectivity index (χ0v) is 8.70. The molecule has 0 radical (unpaired) electrons. The van der Waals surface area contributed by atoms with Gasteiger partial charge in [-0.1, -0.05) is 6.92 Å². The number of hydrogen-bond donors (Lipinski definition) is 0. The summed E-state index contributed by atoms with van der Waals surface area (Å²) in [6.07, 6.45) is 5.85. The minimum Gasteiger partial charge on any atom is -0.350 e. The molecular formula is C11H18O3. The molecule has 0 aliphatic carbocycles. The van der Waals surface area contributed by atoms with Gasteiger partial charge < -0.3 is 14.3 Å². The van der Waals surface area contributed by atoms with Gasteiger partial charge in [-0.15, -0.1) is 0 Å². The van der Waals surface area contributed by atoms with Crippen LogP contribution >= 0.6 is 0 Å². The van der Waals surface area contributed by atoms with Gasteiger partial charge in [0.1, 0.15) is 12.4 Å². The number of carbonyl (C=O) groups excluding carboxylic acids is 1. The summed E-state index contributed by atoms with van der Waals surface area (Å²) >= 11 is 0. The second-order valence-electron chi connectivity index (χ2n) is 4.45. The highest BCUT2D eigenvalue weighted by Crippen LogP contribution is 2.38. The van der Waals surface area contributed by atoms with E-state index >= 15 is 0 Å². The molecule has 0 amide bonds. The Labute approximate surface area is 84.8 Å². The average Bonchev–Trinajstić information content (AvgIpc) is 2.23. The van der Waals surface area contributed by atoms with Gasteiger partial charge in [-0.2, -0.15) is 0 Å². The second-order valence-corrected chi connectivity index (χ2v) is 4.45. The van der Waals surface area contributed by atoms with E-state index in [1.807, 2.05) is 0 Å². The van der Waals surface area contributed by atoms with Crippen LogP contribution in [0.25, 0.3) is 0 Å². The summed E-state index contributed by atoms with van der Waals surface area (Å²) in [6, 6.07) is 0. The molecule has 0 aromatic rings. The molecule has 1 spiro atoms. The van der Waals surface area contributed by atoms with Crippen LogP contribution in [-0.4, -0.2) is 24.8 Å². The summed E-state index contributed by atoms with van der Waals surface area (Å²) in [6.45, 7) is 2.84. The van der Waals surface area contributed by atoms with Crippen LogP contribution in [0.15, 0.2) is 0 Å². The van der Waals surface area contributed by atoms with Crippen molar-refractivity contribution in [3.05, 3.63) is 0 Å². The molecular weight excluding hydrogens is 180 g/mol. The molecule has 2 aliphatic rings. The van der Waals surface area contributed by atoms with E-state index in [9.17, 15) is 4.79 Å². The lowest BCUT2D eigenvalue weighted by molar-refractivity contribution is -0.296. The van der Waals surface area contributed by atoms with Gasteiger partial charge in [-0.05, 0) is 25.2 Å². The first kappa shape index (κ1) is 10.1. The fourth-order valence-corrected chi connectivity index (χ4v) is 2.31. The molecule has 2 heterocycles. The minimum atomic E-state index is -0.420. The first-order valence-electron chi connectivity index (χ1n) is 5.53. The Morgan fingerprint density at radius 3 is 2.86 bits per heavy atom. The third kappa shape index (κ3) is 1.84. The molecule has 2 aliphatic heterocycles. The summed E-state index contributed by atoms with van der Waals surface area (Å²) in [7, 11) is 0. The average molecular weight is 198 g/mol. The van der Waals surface area contributed by atoms with E-state index in [0.29, 0.717) is 5.92 Å². The zero-order chi connectivity index (χ0) is 10.0. The van der Waals surface area contributed by atoms with E-state index in [4.69, 9.17) is 9.47 Å². The van der Waals surface area contributed by atoms with Crippen molar-refractivity contribution < 1.29 is 14.3 Å². The molecule has 3 atom stereocenters. The van der Waals surface area contributed by atoms with Gasteiger partial charge in [0.25, 0.3) is 0 Å². The summed E-state index contributed by atoms with van der Waals surface area (Å²) in [4.78, 5) is 10.8. The van der Waals surface area contributed by atoms with Crippen molar-refractivity contribution >= 4 is 6.29 Å². The van der Waals surface area contributed by atoms with Crippen LogP contribution in [0, 0.1) is 5.92 Å². The van der Waals surface area contributed by atoms with Crippen LogP contribution in [0.4, 0.5) is 0 Å². The third-order valence-electron chi connectivity index (χ3n) is 3.34. The Bertz CT molecular complexity index is 209. The topological polar surface area (TPSA) is 35.5 Å². The molecule has 3 heteroatoms. The first-order chi connectivity index (χ1) is 6.76. The van der Waals surface area contributed by atoms with Gasteiger partial charge in [0.15, 0.2) is 5.79 Å². The summed E-state index contributed by atoms with van der Waals surface area (Å²) < 4.78 is 11.5. The molecule has 0 aromatic carbocycles. The molecule has 3 unspecified atom stereocenters. The van der Waals surface area contributed by atoms with Crippen molar-refractivity contribution in [1.82, 2.24) is 0 Å². The monoisotopic (exact) mass is 198 g/mol. The highest BCUT2D eigenvalue weighted by atomic mass is 16.7. The van der Waals surface area contributed by atoms with Crippen LogP contribution in [0.1, 0.15) is 39.0 Å². The predicted molar refractivity (Wildman–Crippen MR) is 51.9 cm³/mol. The van der Waals surface area contributed by atoms with Crippen LogP contribution in [0.5, 0.6) is 0 Å². The van der Waals surface area contributed by atoms with Gasteiger partial charge in [0.2, 0.25) is 0 Å². The van der Waals surface area contributed by atoms with Crippen LogP contribution in [0.3, 0.4) is 0 Å². The molecule has 0 aromatic heterocycles. The van der Waals surface area contributed by atoms with Gasteiger partial charge in [-0.25, -0.2) is 0 Å². The molecule has 0 saturated carbocycles. The highest BCUT2D eigenvalue weighted by Gasteiger charge is 2.42. The lowest BCUT2D eigenvalue weighted by Gasteiger charge is -2.44. The molecule has 2 saturated heterocycles. The third-order valence-corrected chi connectivity index (χ3v) is 3.34. The highest BCUT2D eigenvalue weighted by molar-refractivity contribution is 5.56. The van der Waals surface area contributed by atoms with E-state index in [1.165, 1.54) is 0 Å². The van der Waals surface area contributed by atoms with Crippen molar-refractivity contribution in [3.63, 3.8) is 0 Å². The van der Waals surface area contributed by atoms with Gasteiger partial charge >= 0.3 is 0 Å². The Morgan fingerprint density at radius 1 is 1.36 bits per heavy atom. The molecule has 14 heavy (non-hydrogen) atoms. The maximum Gasteiger partial charge on any atom is 0.169 e. The normalized spacial score (nSPS) is 43.8. The van der Waals surface area contributed by atoms with E-state index in [-0.39, 0.29) is 6.10 Å². The SMILES string of the molecule is CC1CCC2(CCCCO2)OC1C=O. The van der Waals surface area contributed by atoms with Gasteiger partial charge in [0, 0.05) is 12.8 Å². The summed E-state index contributed by atoms with van der Waals surface area (Å²) in [5, 5.41) is 0. The Hall–Kier alpha value is -0.410. The molecule has 0 N–H and O–H groups in total. The Kier molecular flexibility index (Phi) is 2.88. The predicted octanol–water partition coefficient (Wildman–Crippen LogP) is 1.90. The molecule has 2 fully saturated rings. The maximum absolute atomic E-state index is 10.8. The van der Waals surface area contributed by atoms with Crippen molar-refractivity contribution in [1.29, 1.82) is 0 Å². The van der Waals surface area contributed by atoms with Crippen LogP contribution < -0.4 is 0 Å². The molecule has 3 nitrogen and oxygen atoms in total. The van der Waals surface area contributed by atoms with Crippen molar-refractivity contribution in [2.75, 3.05) is 6.61 Å². The van der Waals surface area contributed by atoms with E-state index in [1.54, 1.807) is 0 Å². The Balaban J connectivity index is 2.03. The van der Waals surface area contributed by atoms with Crippen LogP contribution in [0.2, 0.25) is 0 Å². The van der Waals surface area contributed by atoms with Crippen molar-refractivity contribution in [3.8, 4) is 0 Å². The van der Waals surface area contributed by atoms with E-state index < -0.39 is 5.79 Å². The lowest BCUT2D eigenvalue weighted by Crippen LogP contribution is -2.48. The zero-order valence-electron chi connectivity index (χ0n) is 8.70. The first-order valence-corrected chi connectivity index (χ1v) is 5.53. The fraction of sp³-hybridized carbons (Fsp3) is 0.909. The minimum absolute atomic E-state index is 0.262. The van der Waals surface area contributed by atoms with E-state index in [0.717, 1.165) is 45.0 Å².